The molecule has 0 aliphatic carbocycles. The highest BCUT2D eigenvalue weighted by Gasteiger charge is 2.15. The maximum Gasteiger partial charge on any atom is 0.119 e. The lowest BCUT2D eigenvalue weighted by atomic mass is 10.1. The van der Waals surface area contributed by atoms with E-state index in [1.807, 2.05) is 55.5 Å². The summed E-state index contributed by atoms with van der Waals surface area (Å²) in [7, 11) is 0. The second-order valence-corrected chi connectivity index (χ2v) is 7.51. The van der Waals surface area contributed by atoms with Gasteiger partial charge in [-0.3, -0.25) is 0 Å². The maximum atomic E-state index is 10.7. The lowest BCUT2D eigenvalue weighted by Gasteiger charge is -2.16. The van der Waals surface area contributed by atoms with Crippen molar-refractivity contribution in [2.75, 3.05) is 6.61 Å². The van der Waals surface area contributed by atoms with Crippen molar-refractivity contribution >= 4 is 11.0 Å². The van der Waals surface area contributed by atoms with Crippen LogP contribution in [0.5, 0.6) is 5.75 Å². The minimum absolute atomic E-state index is 0.235. The molecule has 0 aliphatic rings. The molecule has 3 aromatic carbocycles. The Morgan fingerprint density at radius 3 is 2.45 bits per heavy atom. The van der Waals surface area contributed by atoms with E-state index >= 15 is 0 Å². The van der Waals surface area contributed by atoms with Crippen LogP contribution in [0.3, 0.4) is 0 Å². The van der Waals surface area contributed by atoms with Gasteiger partial charge in [0.15, 0.2) is 0 Å². The number of ether oxygens (including phenoxy) is 1. The summed E-state index contributed by atoms with van der Waals surface area (Å²) in [5, 5.41) is 10.7. The highest BCUT2D eigenvalue weighted by atomic mass is 16.5. The number of aliphatic hydroxyl groups excluding tert-OH is 1. The number of imidazole rings is 1. The maximum absolute atomic E-state index is 10.7. The largest absolute Gasteiger partial charge is 0.491 e. The third kappa shape index (κ3) is 4.49. The van der Waals surface area contributed by atoms with Gasteiger partial charge in [-0.25, -0.2) is 4.98 Å². The molecule has 4 nitrogen and oxygen atoms in total. The number of fused-ring (bicyclic) bond motifs is 1. The monoisotopic (exact) mass is 386 g/mol. The highest BCUT2D eigenvalue weighted by molar-refractivity contribution is 5.76. The van der Waals surface area contributed by atoms with Crippen molar-refractivity contribution in [3.63, 3.8) is 0 Å². The highest BCUT2D eigenvalue weighted by Crippen LogP contribution is 2.21. The molecule has 29 heavy (non-hydrogen) atoms. The minimum atomic E-state index is -0.635. The Bertz CT molecular complexity index is 1100. The molecule has 0 saturated carbocycles. The summed E-state index contributed by atoms with van der Waals surface area (Å²) in [6.45, 7) is 4.83. The first-order chi connectivity index (χ1) is 14.1. The number of aryl methyl sites for hydroxylation is 2. The molecule has 148 valence electrons. The molecule has 1 heterocycles. The molecule has 0 spiro atoms. The van der Waals surface area contributed by atoms with Gasteiger partial charge in [0.1, 0.15) is 24.3 Å². The van der Waals surface area contributed by atoms with Gasteiger partial charge in [0.2, 0.25) is 0 Å². The first-order valence-electron chi connectivity index (χ1n) is 9.96. The van der Waals surface area contributed by atoms with Crippen LogP contribution < -0.4 is 4.74 Å². The van der Waals surface area contributed by atoms with Crippen LogP contribution in [0.4, 0.5) is 0 Å². The van der Waals surface area contributed by atoms with Crippen molar-refractivity contribution in [3.05, 3.63) is 95.3 Å². The molecule has 4 aromatic rings. The van der Waals surface area contributed by atoms with E-state index in [9.17, 15) is 5.11 Å². The molecule has 0 aliphatic heterocycles. The van der Waals surface area contributed by atoms with Gasteiger partial charge >= 0.3 is 0 Å². The van der Waals surface area contributed by atoms with E-state index in [-0.39, 0.29) is 6.61 Å². The van der Waals surface area contributed by atoms with Crippen LogP contribution in [0.15, 0.2) is 72.8 Å². The Balaban J connectivity index is 1.55. The van der Waals surface area contributed by atoms with Crippen LogP contribution in [0.25, 0.3) is 11.0 Å². The van der Waals surface area contributed by atoms with E-state index in [2.05, 4.69) is 35.8 Å². The molecule has 1 aromatic heterocycles. The Morgan fingerprint density at radius 1 is 0.931 bits per heavy atom. The zero-order valence-corrected chi connectivity index (χ0v) is 16.9. The molecule has 4 rings (SSSR count). The van der Waals surface area contributed by atoms with E-state index < -0.39 is 6.10 Å². The second-order valence-electron chi connectivity index (χ2n) is 7.51. The summed E-state index contributed by atoms with van der Waals surface area (Å²) >= 11 is 0. The number of hydrogen-bond acceptors (Lipinski definition) is 3. The van der Waals surface area contributed by atoms with Gasteiger partial charge in [-0.15, -0.1) is 0 Å². The van der Waals surface area contributed by atoms with Gasteiger partial charge in [0.05, 0.1) is 17.6 Å². The third-order valence-corrected chi connectivity index (χ3v) is 5.20. The number of aromatic nitrogens is 2. The molecular weight excluding hydrogens is 360 g/mol. The van der Waals surface area contributed by atoms with Gasteiger partial charge in [-0.1, -0.05) is 54.1 Å². The van der Waals surface area contributed by atoms with E-state index in [0.717, 1.165) is 29.0 Å². The number of hydrogen-bond donors (Lipinski definition) is 1. The Morgan fingerprint density at radius 2 is 1.66 bits per heavy atom. The molecule has 0 amide bonds. The molecule has 4 heteroatoms. The Kier molecular flexibility index (Phi) is 5.63. The lowest BCUT2D eigenvalue weighted by molar-refractivity contribution is 0.0928. The molecule has 1 N–H and O–H groups in total. The van der Waals surface area contributed by atoms with Crippen LogP contribution >= 0.6 is 0 Å². The van der Waals surface area contributed by atoms with Crippen molar-refractivity contribution in [1.82, 2.24) is 9.55 Å². The fraction of sp³-hybridized carbons (Fsp3) is 0.240. The fourth-order valence-corrected chi connectivity index (χ4v) is 3.53. The summed E-state index contributed by atoms with van der Waals surface area (Å²) in [5.74, 6) is 1.72. The van der Waals surface area contributed by atoms with Crippen molar-refractivity contribution in [2.24, 2.45) is 0 Å². The van der Waals surface area contributed by atoms with Crippen LogP contribution in [0.2, 0.25) is 0 Å². The molecule has 0 saturated heterocycles. The van der Waals surface area contributed by atoms with Crippen LogP contribution in [0, 0.1) is 13.8 Å². The van der Waals surface area contributed by atoms with Crippen LogP contribution in [-0.4, -0.2) is 27.4 Å². The summed E-state index contributed by atoms with van der Waals surface area (Å²) < 4.78 is 7.89. The second kappa shape index (κ2) is 8.50. The van der Waals surface area contributed by atoms with Crippen molar-refractivity contribution in [2.45, 2.75) is 32.9 Å². The quantitative estimate of drug-likeness (QED) is 0.501. The zero-order chi connectivity index (χ0) is 20.2. The minimum Gasteiger partial charge on any atom is -0.491 e. The predicted octanol–water partition coefficient (Wildman–Crippen LogP) is 4.68. The molecular formula is C25H26N2O2. The average Bonchev–Trinajstić information content (AvgIpc) is 3.06. The number of aliphatic hydroxyl groups is 1. The molecule has 0 bridgehead atoms. The fourth-order valence-electron chi connectivity index (χ4n) is 3.53. The van der Waals surface area contributed by atoms with Crippen LogP contribution in [0.1, 0.15) is 22.5 Å². The topological polar surface area (TPSA) is 47.3 Å². The first-order valence-corrected chi connectivity index (χ1v) is 9.96. The molecule has 0 unspecified atom stereocenters. The summed E-state index contributed by atoms with van der Waals surface area (Å²) in [5.41, 5.74) is 5.65. The van der Waals surface area contributed by atoms with E-state index in [0.29, 0.717) is 6.54 Å². The lowest BCUT2D eigenvalue weighted by Crippen LogP contribution is -2.24. The van der Waals surface area contributed by atoms with Crippen LogP contribution in [-0.2, 0) is 13.0 Å². The van der Waals surface area contributed by atoms with Gasteiger partial charge in [-0.2, -0.15) is 0 Å². The van der Waals surface area contributed by atoms with Gasteiger partial charge < -0.3 is 14.4 Å². The molecule has 0 fully saturated rings. The molecule has 0 radical (unpaired) electrons. The smallest absolute Gasteiger partial charge is 0.119 e. The van der Waals surface area contributed by atoms with E-state index in [1.54, 1.807) is 0 Å². The standard InChI is InChI=1S/C25H26N2O2/c1-18-11-13-22(14-12-18)29-17-21(28)16-27-24-10-6-5-9-23(24)26-25(27)15-20-8-4-3-7-19(20)2/h3-14,21,28H,15-17H2,1-2H3/t21-/m0/s1. The van der Waals surface area contributed by atoms with E-state index in [4.69, 9.17) is 9.72 Å². The Labute approximate surface area is 171 Å². The first kappa shape index (κ1) is 19.2. The normalized spacial score (nSPS) is 12.2. The van der Waals surface area contributed by atoms with Crippen molar-refractivity contribution in [1.29, 1.82) is 0 Å². The van der Waals surface area contributed by atoms with Gasteiger partial charge in [-0.05, 0) is 49.2 Å². The van der Waals surface area contributed by atoms with E-state index in [1.165, 1.54) is 16.7 Å². The van der Waals surface area contributed by atoms with Crippen molar-refractivity contribution in [3.8, 4) is 5.75 Å². The number of nitrogens with zero attached hydrogens (tertiary/aromatic N) is 2. The third-order valence-electron chi connectivity index (χ3n) is 5.20. The van der Waals surface area contributed by atoms with Gasteiger partial charge in [0.25, 0.3) is 0 Å². The number of benzene rings is 3. The Hall–Kier alpha value is -3.11. The number of para-hydroxylation sites is 2. The zero-order valence-electron chi connectivity index (χ0n) is 16.9. The van der Waals surface area contributed by atoms with Gasteiger partial charge in [0, 0.05) is 6.42 Å². The summed E-state index contributed by atoms with van der Waals surface area (Å²) in [4.78, 5) is 4.84. The van der Waals surface area contributed by atoms with Crippen molar-refractivity contribution < 1.29 is 9.84 Å². The SMILES string of the molecule is Cc1ccc(OC[C@@H](O)Cn2c(Cc3ccccc3C)nc3ccccc32)cc1. The summed E-state index contributed by atoms with van der Waals surface area (Å²) in [6.07, 6.45) is 0.0944. The summed E-state index contributed by atoms with van der Waals surface area (Å²) in [6, 6.07) is 24.3. The number of rotatable bonds is 7. The predicted molar refractivity (Wildman–Crippen MR) is 116 cm³/mol. The average molecular weight is 386 g/mol. The molecule has 1 atom stereocenters.